The topological polar surface area (TPSA) is 72.6 Å². The van der Waals surface area contributed by atoms with E-state index in [-0.39, 0.29) is 0 Å². The van der Waals surface area contributed by atoms with Crippen molar-refractivity contribution in [3.8, 4) is 5.75 Å². The molecule has 5 nitrogen and oxygen atoms in total. The monoisotopic (exact) mass is 337 g/mol. The summed E-state index contributed by atoms with van der Waals surface area (Å²) in [7, 11) is 2.52. The quantitative estimate of drug-likeness (QED) is 0.300. The predicted molar refractivity (Wildman–Crippen MR) is 86.1 cm³/mol. The molecule has 4 unspecified atom stereocenters. The minimum atomic E-state index is -2.19. The van der Waals surface area contributed by atoms with Gasteiger partial charge in [0.05, 0.1) is 4.92 Å². The molecule has 2 aromatic rings. The van der Waals surface area contributed by atoms with Crippen molar-refractivity contribution in [1.29, 1.82) is 0 Å². The van der Waals surface area contributed by atoms with Gasteiger partial charge in [-0.15, -0.1) is 9.24 Å². The van der Waals surface area contributed by atoms with E-state index >= 15 is 0 Å². The molecule has 1 heterocycles. The lowest BCUT2D eigenvalue weighted by Crippen LogP contribution is -2.49. The van der Waals surface area contributed by atoms with E-state index in [2.05, 4.69) is 9.24 Å². The van der Waals surface area contributed by atoms with Gasteiger partial charge in [-0.1, -0.05) is 36.4 Å². The lowest BCUT2D eigenvalue weighted by atomic mass is 9.90. The zero-order chi connectivity index (χ0) is 15.9. The Morgan fingerprint density at radius 3 is 2.68 bits per heavy atom. The van der Waals surface area contributed by atoms with Gasteiger partial charge < -0.3 is 9.84 Å². The summed E-state index contributed by atoms with van der Waals surface area (Å²) in [4.78, 5) is 8.72. The molecular weight excluding hydrogens is 325 g/mol. The van der Waals surface area contributed by atoms with Crippen LogP contribution in [0.5, 0.6) is 5.75 Å². The molecule has 0 fully saturated rings. The van der Waals surface area contributed by atoms with Crippen LogP contribution in [0.2, 0.25) is 0 Å². The zero-order valence-electron chi connectivity index (χ0n) is 11.3. The average Bonchev–Trinajstić information content (AvgIpc) is 2.50. The molecule has 0 amide bonds. The molecule has 1 aliphatic rings. The largest absolute Gasteiger partial charge is 0.476 e. The average molecular weight is 338 g/mol. The highest BCUT2D eigenvalue weighted by molar-refractivity contribution is 7.27. The van der Waals surface area contributed by atoms with Crippen LogP contribution < -0.4 is 10.0 Å². The number of hydrogen-bond donors (Lipinski definition) is 1. The molecule has 1 aliphatic heterocycles. The van der Waals surface area contributed by atoms with Crippen LogP contribution in [0.4, 0.5) is 0 Å². The molecular formula is C15H13ClNO4P. The van der Waals surface area contributed by atoms with E-state index in [9.17, 15) is 15.2 Å². The van der Waals surface area contributed by atoms with Crippen molar-refractivity contribution < 1.29 is 14.8 Å². The van der Waals surface area contributed by atoms with E-state index in [1.807, 2.05) is 6.07 Å². The molecule has 0 radical (unpaired) electrons. The second kappa shape index (κ2) is 5.51. The third-order valence-electron chi connectivity index (χ3n) is 3.70. The molecule has 114 valence electrons. The minimum absolute atomic E-state index is 0.312. The standard InChI is InChI=1S/C15H13ClNO4P/c16-15(17(19)20)13(18)11-6-1-2-7-12(11)21-14(15)9-4-3-5-10(22)8-9/h1-8,13-14,18H,22H2. The van der Waals surface area contributed by atoms with Crippen molar-refractivity contribution in [2.45, 2.75) is 17.2 Å². The summed E-state index contributed by atoms with van der Waals surface area (Å²) < 4.78 is 5.78. The van der Waals surface area contributed by atoms with Gasteiger partial charge in [0.25, 0.3) is 0 Å². The first kappa shape index (κ1) is 15.2. The first-order valence-electron chi connectivity index (χ1n) is 6.57. The third-order valence-corrected chi connectivity index (χ3v) is 4.60. The van der Waals surface area contributed by atoms with E-state index in [0.29, 0.717) is 16.9 Å². The summed E-state index contributed by atoms with van der Waals surface area (Å²) >= 11 is 6.26. The predicted octanol–water partition coefficient (Wildman–Crippen LogP) is 2.57. The van der Waals surface area contributed by atoms with Crippen LogP contribution in [0, 0.1) is 10.1 Å². The minimum Gasteiger partial charge on any atom is -0.476 e. The van der Waals surface area contributed by atoms with Gasteiger partial charge in [-0.05, 0) is 29.0 Å². The van der Waals surface area contributed by atoms with E-state index in [1.165, 1.54) is 0 Å². The van der Waals surface area contributed by atoms with E-state index in [0.717, 1.165) is 5.30 Å². The fourth-order valence-corrected chi connectivity index (χ4v) is 3.20. The number of para-hydroxylation sites is 1. The van der Waals surface area contributed by atoms with Crippen LogP contribution in [-0.4, -0.2) is 15.0 Å². The molecule has 0 spiro atoms. The maximum Gasteiger partial charge on any atom is 0.364 e. The maximum absolute atomic E-state index is 11.6. The van der Waals surface area contributed by atoms with Crippen molar-refractivity contribution >= 4 is 26.1 Å². The first-order chi connectivity index (χ1) is 10.4. The molecule has 0 bridgehead atoms. The molecule has 7 heteroatoms. The number of halogens is 1. The van der Waals surface area contributed by atoms with Gasteiger partial charge in [0.2, 0.25) is 6.10 Å². The fourth-order valence-electron chi connectivity index (χ4n) is 2.60. The summed E-state index contributed by atoms with van der Waals surface area (Å²) in [5.41, 5.74) is 0.847. The van der Waals surface area contributed by atoms with Crippen molar-refractivity contribution in [2.75, 3.05) is 0 Å². The number of hydrogen-bond acceptors (Lipinski definition) is 4. The molecule has 0 saturated heterocycles. The van der Waals surface area contributed by atoms with Crippen molar-refractivity contribution in [3.05, 3.63) is 69.8 Å². The van der Waals surface area contributed by atoms with Crippen molar-refractivity contribution in [2.24, 2.45) is 0 Å². The van der Waals surface area contributed by atoms with E-state index < -0.39 is 22.1 Å². The van der Waals surface area contributed by atoms with Crippen molar-refractivity contribution in [1.82, 2.24) is 0 Å². The summed E-state index contributed by atoms with van der Waals surface area (Å²) in [5, 5.41) is 22.9. The summed E-state index contributed by atoms with van der Waals surface area (Å²) in [6.07, 6.45) is -2.58. The fraction of sp³-hybridized carbons (Fsp3) is 0.200. The normalized spacial score (nSPS) is 26.9. The van der Waals surface area contributed by atoms with Gasteiger partial charge in [-0.25, -0.2) is 0 Å². The van der Waals surface area contributed by atoms with Crippen LogP contribution >= 0.6 is 20.8 Å². The molecule has 2 aromatic carbocycles. The van der Waals surface area contributed by atoms with Crippen molar-refractivity contribution in [3.63, 3.8) is 0 Å². The lowest BCUT2D eigenvalue weighted by Gasteiger charge is -2.37. The molecule has 0 aromatic heterocycles. The van der Waals surface area contributed by atoms with Gasteiger partial charge in [0.1, 0.15) is 5.75 Å². The van der Waals surface area contributed by atoms with Gasteiger partial charge in [0, 0.05) is 11.1 Å². The highest BCUT2D eigenvalue weighted by atomic mass is 35.5. The lowest BCUT2D eigenvalue weighted by molar-refractivity contribution is -0.570. The van der Waals surface area contributed by atoms with Gasteiger partial charge >= 0.3 is 5.00 Å². The zero-order valence-corrected chi connectivity index (χ0v) is 13.3. The van der Waals surface area contributed by atoms with Crippen LogP contribution in [-0.2, 0) is 0 Å². The Balaban J connectivity index is 2.18. The van der Waals surface area contributed by atoms with Crippen LogP contribution in [0.25, 0.3) is 0 Å². The third kappa shape index (κ3) is 2.26. The second-order valence-electron chi connectivity index (χ2n) is 5.09. The Hall–Kier alpha value is -1.68. The van der Waals surface area contributed by atoms with Crippen LogP contribution in [0.15, 0.2) is 48.5 Å². The molecule has 4 atom stereocenters. The summed E-state index contributed by atoms with van der Waals surface area (Å²) in [5.74, 6) is 0.396. The number of benzene rings is 2. The van der Waals surface area contributed by atoms with E-state index in [4.69, 9.17) is 16.3 Å². The molecule has 3 rings (SSSR count). The summed E-state index contributed by atoms with van der Waals surface area (Å²) in [6.45, 7) is 0. The molecule has 0 aliphatic carbocycles. The van der Waals surface area contributed by atoms with Gasteiger partial charge in [-0.3, -0.25) is 10.1 Å². The highest BCUT2D eigenvalue weighted by Gasteiger charge is 2.61. The Bertz CT molecular complexity index is 741. The molecule has 0 saturated carbocycles. The Morgan fingerprint density at radius 1 is 1.27 bits per heavy atom. The first-order valence-corrected chi connectivity index (χ1v) is 7.52. The van der Waals surface area contributed by atoms with E-state index in [1.54, 1.807) is 42.5 Å². The Kier molecular flexibility index (Phi) is 3.81. The number of fused-ring (bicyclic) bond motifs is 1. The number of ether oxygens (including phenoxy) is 1. The highest BCUT2D eigenvalue weighted by Crippen LogP contribution is 2.51. The Labute approximate surface area is 134 Å². The number of nitrogens with zero attached hydrogens (tertiary/aromatic N) is 1. The molecule has 22 heavy (non-hydrogen) atoms. The van der Waals surface area contributed by atoms with Crippen LogP contribution in [0.3, 0.4) is 0 Å². The number of aliphatic hydroxyl groups excluding tert-OH is 1. The number of aliphatic hydroxyl groups is 1. The summed E-state index contributed by atoms with van der Waals surface area (Å²) in [6, 6.07) is 13.7. The molecule has 1 N–H and O–H groups in total. The SMILES string of the molecule is O=[N+]([O-])C1(Cl)C(O)c2ccccc2OC1c1cccc(P)c1. The number of rotatable bonds is 2. The maximum atomic E-state index is 11.6. The van der Waals surface area contributed by atoms with Gasteiger partial charge in [-0.2, -0.15) is 0 Å². The Morgan fingerprint density at radius 2 is 2.00 bits per heavy atom. The smallest absolute Gasteiger partial charge is 0.364 e. The van der Waals surface area contributed by atoms with Crippen LogP contribution in [0.1, 0.15) is 23.3 Å². The van der Waals surface area contributed by atoms with Gasteiger partial charge in [0.15, 0.2) is 6.10 Å². The number of alkyl halides is 1. The number of nitro groups is 1. The second-order valence-corrected chi connectivity index (χ2v) is 6.37.